The molecular formula is C28H21N2NaO5S2. The van der Waals surface area contributed by atoms with Crippen LogP contribution in [0.3, 0.4) is 0 Å². The van der Waals surface area contributed by atoms with Crippen LogP contribution in [0, 0.1) is 13.8 Å². The molecule has 186 valence electrons. The van der Waals surface area contributed by atoms with Crippen LogP contribution in [0.1, 0.15) is 43.0 Å². The summed E-state index contributed by atoms with van der Waals surface area (Å²) >= 11 is 1.60. The molecule has 0 heterocycles. The van der Waals surface area contributed by atoms with Crippen LogP contribution in [0.4, 0.5) is 17.1 Å². The van der Waals surface area contributed by atoms with Gasteiger partial charge in [-0.05, 0) is 55.8 Å². The third kappa shape index (κ3) is 5.18. The van der Waals surface area contributed by atoms with Gasteiger partial charge in [0.05, 0.1) is 27.4 Å². The Morgan fingerprint density at radius 3 is 2.03 bits per heavy atom. The van der Waals surface area contributed by atoms with Gasteiger partial charge in [-0.1, -0.05) is 53.7 Å². The van der Waals surface area contributed by atoms with Crippen LogP contribution in [-0.4, -0.2) is 24.5 Å². The standard InChI is InChI=1S/C28H22N2O5S2.Na/c1-15-7-12-22(16(2)13-15)36-18-10-8-17(9-11-18)30-21-14-23(37(33,34)35)26(29)25-24(21)27(31)19-5-3-4-6-20(19)28(25)32;/h3-14,30H,29H2,1-2H3,(H,33,34,35);/q;+1/p-1. The number of fused-ring (bicyclic) bond motifs is 2. The number of nitrogen functional groups attached to an aromatic ring is 1. The first-order chi connectivity index (χ1) is 17.5. The van der Waals surface area contributed by atoms with E-state index in [1.54, 1.807) is 36.0 Å². The fraction of sp³-hybridized carbons (Fsp3) is 0.0714. The summed E-state index contributed by atoms with van der Waals surface area (Å²) in [6.07, 6.45) is 0. The second-order valence-corrected chi connectivity index (χ2v) is 11.2. The van der Waals surface area contributed by atoms with E-state index in [0.717, 1.165) is 21.4 Å². The number of nitrogens with one attached hydrogen (secondary N) is 1. The van der Waals surface area contributed by atoms with Crippen molar-refractivity contribution in [3.63, 3.8) is 0 Å². The molecule has 0 saturated carbocycles. The van der Waals surface area contributed by atoms with Gasteiger partial charge in [0.15, 0.2) is 11.6 Å². The molecule has 4 aromatic rings. The Morgan fingerprint density at radius 1 is 0.842 bits per heavy atom. The van der Waals surface area contributed by atoms with Gasteiger partial charge in [0.1, 0.15) is 10.1 Å². The zero-order valence-corrected chi connectivity index (χ0v) is 24.5. The van der Waals surface area contributed by atoms with Crippen molar-refractivity contribution in [2.75, 3.05) is 11.1 Å². The van der Waals surface area contributed by atoms with E-state index in [1.807, 2.05) is 32.0 Å². The van der Waals surface area contributed by atoms with Gasteiger partial charge in [0.2, 0.25) is 0 Å². The number of hydrogen-bond donors (Lipinski definition) is 2. The van der Waals surface area contributed by atoms with Crippen LogP contribution in [-0.2, 0) is 10.1 Å². The van der Waals surface area contributed by atoms with E-state index in [-0.39, 0.29) is 57.5 Å². The number of anilines is 3. The zero-order valence-electron chi connectivity index (χ0n) is 20.9. The molecule has 0 bridgehead atoms. The maximum atomic E-state index is 13.4. The van der Waals surface area contributed by atoms with Gasteiger partial charge in [0.25, 0.3) is 0 Å². The zero-order chi connectivity index (χ0) is 26.5. The summed E-state index contributed by atoms with van der Waals surface area (Å²) in [7, 11) is -5.03. The molecule has 0 aromatic heterocycles. The summed E-state index contributed by atoms with van der Waals surface area (Å²) in [5.74, 6) is -1.10. The third-order valence-electron chi connectivity index (χ3n) is 6.16. The van der Waals surface area contributed by atoms with Gasteiger partial charge in [-0.25, -0.2) is 8.42 Å². The van der Waals surface area contributed by atoms with Crippen LogP contribution < -0.4 is 40.6 Å². The number of carbonyl (C=O) groups is 2. The predicted molar refractivity (Wildman–Crippen MR) is 142 cm³/mol. The number of carbonyl (C=O) groups excluding carboxylic acids is 2. The molecule has 0 fully saturated rings. The van der Waals surface area contributed by atoms with E-state index in [2.05, 4.69) is 17.4 Å². The number of ketones is 2. The molecule has 0 amide bonds. The molecule has 1 aliphatic rings. The maximum absolute atomic E-state index is 13.4. The van der Waals surface area contributed by atoms with Crippen molar-refractivity contribution in [2.45, 2.75) is 28.5 Å². The molecule has 0 unspecified atom stereocenters. The summed E-state index contributed by atoms with van der Waals surface area (Å²) < 4.78 is 35.9. The summed E-state index contributed by atoms with van der Waals surface area (Å²) in [5, 5.41) is 3.02. The Balaban J connectivity index is 0.00000336. The Bertz CT molecular complexity index is 1720. The molecule has 4 aromatic carbocycles. The van der Waals surface area contributed by atoms with Gasteiger partial charge in [-0.3, -0.25) is 9.59 Å². The summed E-state index contributed by atoms with van der Waals surface area (Å²) in [5.41, 5.74) is 8.29. The van der Waals surface area contributed by atoms with Crippen LogP contribution >= 0.6 is 11.8 Å². The second-order valence-electron chi connectivity index (χ2n) is 8.76. The normalized spacial score (nSPS) is 12.4. The number of nitrogens with two attached hydrogens (primary N) is 1. The van der Waals surface area contributed by atoms with Gasteiger partial charge >= 0.3 is 29.6 Å². The number of aryl methyl sites for hydroxylation is 2. The SMILES string of the molecule is Cc1ccc(Sc2ccc(Nc3cc(S(=O)(=O)[O-])c(N)c4c3C(=O)c3ccccc3C4=O)cc2)c(C)c1.[Na+]. The van der Waals surface area contributed by atoms with Crippen molar-refractivity contribution < 1.29 is 52.1 Å². The monoisotopic (exact) mass is 552 g/mol. The van der Waals surface area contributed by atoms with Crippen molar-refractivity contribution in [1.29, 1.82) is 0 Å². The van der Waals surface area contributed by atoms with E-state index >= 15 is 0 Å². The van der Waals surface area contributed by atoms with E-state index in [1.165, 1.54) is 17.7 Å². The first-order valence-corrected chi connectivity index (χ1v) is 13.5. The smallest absolute Gasteiger partial charge is 0.744 e. The number of benzene rings is 4. The summed E-state index contributed by atoms with van der Waals surface area (Å²) in [4.78, 5) is 28.0. The number of rotatable bonds is 5. The van der Waals surface area contributed by atoms with Crippen molar-refractivity contribution >= 4 is 50.5 Å². The van der Waals surface area contributed by atoms with E-state index in [0.29, 0.717) is 5.69 Å². The molecule has 10 heteroatoms. The molecular weight excluding hydrogens is 531 g/mol. The van der Waals surface area contributed by atoms with Crippen LogP contribution in [0.2, 0.25) is 0 Å². The molecule has 0 radical (unpaired) electrons. The third-order valence-corrected chi connectivity index (χ3v) is 8.22. The maximum Gasteiger partial charge on any atom is 1.00 e. The van der Waals surface area contributed by atoms with E-state index < -0.39 is 32.3 Å². The molecule has 7 nitrogen and oxygen atoms in total. The van der Waals surface area contributed by atoms with Crippen LogP contribution in [0.15, 0.2) is 87.5 Å². The van der Waals surface area contributed by atoms with Crippen molar-refractivity contribution in [2.24, 2.45) is 0 Å². The summed E-state index contributed by atoms with van der Waals surface area (Å²) in [6.45, 7) is 4.09. The minimum Gasteiger partial charge on any atom is -0.744 e. The van der Waals surface area contributed by atoms with Crippen molar-refractivity contribution in [1.82, 2.24) is 0 Å². The van der Waals surface area contributed by atoms with Crippen molar-refractivity contribution in [3.05, 3.63) is 106 Å². The molecule has 0 aliphatic heterocycles. The van der Waals surface area contributed by atoms with Crippen LogP contribution in [0.5, 0.6) is 0 Å². The minimum atomic E-state index is -5.03. The average molecular weight is 553 g/mol. The topological polar surface area (TPSA) is 129 Å². The molecule has 3 N–H and O–H groups in total. The molecule has 0 atom stereocenters. The largest absolute Gasteiger partial charge is 1.00 e. The molecule has 1 aliphatic carbocycles. The molecule has 0 saturated heterocycles. The Hall–Kier alpha value is -2.92. The molecule has 0 spiro atoms. The first-order valence-electron chi connectivity index (χ1n) is 11.3. The average Bonchev–Trinajstić information content (AvgIpc) is 2.85. The van der Waals surface area contributed by atoms with Crippen LogP contribution in [0.25, 0.3) is 0 Å². The first kappa shape index (κ1) is 28.1. The fourth-order valence-electron chi connectivity index (χ4n) is 4.40. The molecule has 38 heavy (non-hydrogen) atoms. The Labute approximate surface area is 246 Å². The Morgan fingerprint density at radius 2 is 1.45 bits per heavy atom. The Kier molecular flexibility index (Phi) is 7.90. The van der Waals surface area contributed by atoms with Gasteiger partial charge < -0.3 is 15.6 Å². The molecule has 5 rings (SSSR count). The predicted octanol–water partition coefficient (Wildman–Crippen LogP) is 2.46. The second kappa shape index (κ2) is 10.7. The quantitative estimate of drug-likeness (QED) is 0.193. The van der Waals surface area contributed by atoms with E-state index in [9.17, 15) is 22.6 Å². The fourth-order valence-corrected chi connectivity index (χ4v) is 5.92. The van der Waals surface area contributed by atoms with Gasteiger partial charge in [-0.15, -0.1) is 0 Å². The van der Waals surface area contributed by atoms with Crippen molar-refractivity contribution in [3.8, 4) is 0 Å². The number of hydrogen-bond acceptors (Lipinski definition) is 8. The van der Waals surface area contributed by atoms with E-state index in [4.69, 9.17) is 5.73 Å². The van der Waals surface area contributed by atoms with Gasteiger partial charge in [0, 0.05) is 26.6 Å². The minimum absolute atomic E-state index is 0. The van der Waals surface area contributed by atoms with Gasteiger partial charge in [-0.2, -0.15) is 0 Å². The summed E-state index contributed by atoms with van der Waals surface area (Å²) in [6, 6.07) is 20.8.